The normalized spacial score (nSPS) is 14.3. The van der Waals surface area contributed by atoms with Crippen LogP contribution in [0.3, 0.4) is 0 Å². The molecule has 0 saturated heterocycles. The quantitative estimate of drug-likeness (QED) is 0.0685. The number of carboxylic acids is 1. The van der Waals surface area contributed by atoms with Crippen molar-refractivity contribution in [1.29, 1.82) is 0 Å². The van der Waals surface area contributed by atoms with Crippen molar-refractivity contribution in [3.63, 3.8) is 0 Å². The molecular weight excluding hydrogens is 590 g/mol. The highest BCUT2D eigenvalue weighted by molar-refractivity contribution is 7.80. The van der Waals surface area contributed by atoms with Crippen molar-refractivity contribution in [3.05, 3.63) is 18.2 Å². The number of nitrogens with two attached hydrogens (primary N) is 1. The van der Waals surface area contributed by atoms with E-state index < -0.39 is 91.3 Å². The second kappa shape index (κ2) is 18.3. The zero-order chi connectivity index (χ0) is 32.7. The van der Waals surface area contributed by atoms with Gasteiger partial charge < -0.3 is 52.8 Å². The van der Waals surface area contributed by atoms with Gasteiger partial charge >= 0.3 is 5.97 Å². The number of carbonyl (C=O) groups excluding carboxylic acids is 6. The Morgan fingerprint density at radius 3 is 1.98 bits per heavy atom. The molecule has 0 aliphatic carbocycles. The van der Waals surface area contributed by atoms with Gasteiger partial charge in [-0.3, -0.25) is 33.6 Å². The van der Waals surface area contributed by atoms with Gasteiger partial charge in [-0.25, -0.2) is 4.98 Å². The van der Waals surface area contributed by atoms with Gasteiger partial charge in [0.25, 0.3) is 0 Å². The fourth-order valence-corrected chi connectivity index (χ4v) is 3.52. The molecule has 43 heavy (non-hydrogen) atoms. The van der Waals surface area contributed by atoms with E-state index in [9.17, 15) is 38.7 Å². The van der Waals surface area contributed by atoms with Crippen LogP contribution in [0.4, 0.5) is 0 Å². The molecule has 6 amide bonds. The minimum Gasteiger partial charge on any atom is -0.480 e. The molecule has 1 aromatic heterocycles. The molecule has 0 radical (unpaired) electrons. The molecule has 19 heteroatoms. The number of aliphatic carboxylic acids is 1. The third-order valence-corrected chi connectivity index (χ3v) is 6.24. The summed E-state index contributed by atoms with van der Waals surface area (Å²) in [5, 5.41) is 32.0. The van der Waals surface area contributed by atoms with Gasteiger partial charge in [-0.15, -0.1) is 0 Å². The van der Waals surface area contributed by atoms with E-state index in [1.165, 1.54) is 19.4 Å². The second-order valence-corrected chi connectivity index (χ2v) is 10.1. The number of aromatic nitrogens is 2. The van der Waals surface area contributed by atoms with Gasteiger partial charge in [-0.05, 0) is 12.8 Å². The Labute approximate surface area is 252 Å². The predicted octanol–water partition coefficient (Wildman–Crippen LogP) is -4.87. The largest absolute Gasteiger partial charge is 0.480 e. The molecule has 0 aliphatic heterocycles. The van der Waals surface area contributed by atoms with Crippen LogP contribution in [0, 0.1) is 5.92 Å². The lowest BCUT2D eigenvalue weighted by atomic mass is 10.0. The lowest BCUT2D eigenvalue weighted by Gasteiger charge is -2.25. The second-order valence-electron chi connectivity index (χ2n) is 9.72. The Kier molecular flexibility index (Phi) is 15.7. The summed E-state index contributed by atoms with van der Waals surface area (Å²) in [5.41, 5.74) is 6.41. The molecule has 240 valence electrons. The fraction of sp³-hybridized carbons (Fsp3) is 0.583. The number of hydrogen-bond acceptors (Lipinski definition) is 11. The number of amides is 6. The van der Waals surface area contributed by atoms with E-state index in [1.807, 2.05) is 5.32 Å². The fourth-order valence-electron chi connectivity index (χ4n) is 3.27. The lowest BCUT2D eigenvalue weighted by Crippen LogP contribution is -2.60. The first kappa shape index (κ1) is 36.8. The number of nitrogens with zero attached hydrogens (tertiary/aromatic N) is 1. The maximum Gasteiger partial charge on any atom is 0.322 e. The molecule has 11 N–H and O–H groups in total. The molecule has 1 rings (SSSR count). The van der Waals surface area contributed by atoms with Crippen LogP contribution in [0.5, 0.6) is 0 Å². The Morgan fingerprint density at radius 2 is 1.44 bits per heavy atom. The summed E-state index contributed by atoms with van der Waals surface area (Å²) < 4.78 is 0. The van der Waals surface area contributed by atoms with Crippen LogP contribution < -0.4 is 37.6 Å². The maximum atomic E-state index is 13.1. The van der Waals surface area contributed by atoms with E-state index in [0.29, 0.717) is 5.69 Å². The highest BCUT2D eigenvalue weighted by Crippen LogP contribution is 2.04. The van der Waals surface area contributed by atoms with Crippen molar-refractivity contribution < 1.29 is 43.8 Å². The van der Waals surface area contributed by atoms with Gasteiger partial charge in [0.2, 0.25) is 35.4 Å². The van der Waals surface area contributed by atoms with Crippen molar-refractivity contribution in [2.24, 2.45) is 11.7 Å². The van der Waals surface area contributed by atoms with Crippen molar-refractivity contribution in [2.75, 3.05) is 25.4 Å². The maximum absolute atomic E-state index is 13.1. The predicted molar refractivity (Wildman–Crippen MR) is 153 cm³/mol. The highest BCUT2D eigenvalue weighted by atomic mass is 32.1. The van der Waals surface area contributed by atoms with Gasteiger partial charge in [0.05, 0.1) is 25.5 Å². The monoisotopic (exact) mass is 629 g/mol. The molecule has 0 saturated carbocycles. The highest BCUT2D eigenvalue weighted by Gasteiger charge is 2.31. The van der Waals surface area contributed by atoms with Crippen LogP contribution in [0.15, 0.2) is 12.5 Å². The summed E-state index contributed by atoms with van der Waals surface area (Å²) in [7, 11) is 0. The van der Waals surface area contributed by atoms with Crippen molar-refractivity contribution in [3.8, 4) is 0 Å². The summed E-state index contributed by atoms with van der Waals surface area (Å²) in [4.78, 5) is 92.1. The molecule has 1 heterocycles. The molecule has 0 fully saturated rings. The number of aliphatic hydroxyl groups is 1. The summed E-state index contributed by atoms with van der Waals surface area (Å²) in [6.45, 7) is 2.68. The van der Waals surface area contributed by atoms with Gasteiger partial charge in [0.1, 0.15) is 30.7 Å². The number of rotatable bonds is 18. The Hall–Kier alpha value is -4.23. The Morgan fingerprint density at radius 1 is 0.860 bits per heavy atom. The zero-order valence-corrected chi connectivity index (χ0v) is 24.8. The molecule has 5 atom stereocenters. The first-order chi connectivity index (χ1) is 20.2. The standard InChI is InChI=1S/C24H39N9O9S/c1-11(2)19(25)24(42)31-14(4-13-5-26-10-29-13)21(39)33-16(9-43)23(41)32-15(8-34)22(40)30-12(3)20(38)28-6-17(35)27-7-18(36)37/h5,10-12,14-16,19,34,43H,4,6-9,25H2,1-3H3,(H,26,29)(H,27,35)(H,28,38)(H,30,40)(H,31,42)(H,32,41)(H,33,39)(H,36,37). The molecule has 0 aromatic carbocycles. The smallest absolute Gasteiger partial charge is 0.322 e. The average Bonchev–Trinajstić information content (AvgIpc) is 3.47. The molecule has 1 aromatic rings. The van der Waals surface area contributed by atoms with Crippen LogP contribution >= 0.6 is 12.6 Å². The van der Waals surface area contributed by atoms with Crippen molar-refractivity contribution >= 4 is 54.0 Å². The molecule has 0 bridgehead atoms. The molecule has 5 unspecified atom stereocenters. The van der Waals surface area contributed by atoms with E-state index in [2.05, 4.69) is 49.2 Å². The van der Waals surface area contributed by atoms with E-state index >= 15 is 0 Å². The number of carbonyl (C=O) groups is 7. The van der Waals surface area contributed by atoms with E-state index in [0.717, 1.165) is 0 Å². The number of imidazole rings is 1. The SMILES string of the molecule is CC(NC(=O)C(CO)NC(=O)C(CS)NC(=O)C(Cc1cnc[nH]1)NC(=O)C(N)C(C)C)C(=O)NCC(=O)NCC(=O)O. The third-order valence-electron chi connectivity index (χ3n) is 5.88. The number of hydrogen-bond donors (Lipinski definition) is 11. The summed E-state index contributed by atoms with van der Waals surface area (Å²) in [5.74, 6) is -6.48. The number of nitrogens with one attached hydrogen (secondary N) is 7. The summed E-state index contributed by atoms with van der Waals surface area (Å²) in [6, 6.07) is -6.11. The third kappa shape index (κ3) is 13.1. The van der Waals surface area contributed by atoms with E-state index in [1.54, 1.807) is 13.8 Å². The summed E-state index contributed by atoms with van der Waals surface area (Å²) in [6.07, 6.45) is 2.84. The lowest BCUT2D eigenvalue weighted by molar-refractivity contribution is -0.138. The van der Waals surface area contributed by atoms with E-state index in [-0.39, 0.29) is 18.1 Å². The first-order valence-electron chi connectivity index (χ1n) is 13.1. The van der Waals surface area contributed by atoms with Gasteiger partial charge in [-0.1, -0.05) is 13.8 Å². The van der Waals surface area contributed by atoms with Crippen LogP contribution in [0.2, 0.25) is 0 Å². The number of H-pyrrole nitrogens is 1. The van der Waals surface area contributed by atoms with Crippen molar-refractivity contribution in [2.45, 2.75) is 57.4 Å². The van der Waals surface area contributed by atoms with Crippen LogP contribution in [0.1, 0.15) is 26.5 Å². The van der Waals surface area contributed by atoms with Crippen LogP contribution in [-0.4, -0.2) is 117 Å². The number of thiol groups is 1. The topological polar surface area (TPSA) is 287 Å². The van der Waals surface area contributed by atoms with E-state index in [4.69, 9.17) is 10.8 Å². The van der Waals surface area contributed by atoms with Crippen LogP contribution in [0.25, 0.3) is 0 Å². The zero-order valence-electron chi connectivity index (χ0n) is 23.9. The molecule has 0 aliphatic rings. The Bertz CT molecular complexity index is 1130. The van der Waals surface area contributed by atoms with Gasteiger partial charge in [0, 0.05) is 24.1 Å². The first-order valence-corrected chi connectivity index (χ1v) is 13.8. The summed E-state index contributed by atoms with van der Waals surface area (Å²) >= 11 is 4.09. The molecule has 18 nitrogen and oxygen atoms in total. The molecule has 0 spiro atoms. The Balaban J connectivity index is 2.80. The minimum atomic E-state index is -1.54. The average molecular weight is 630 g/mol. The molecular formula is C24H39N9O9S. The number of aromatic amines is 1. The van der Waals surface area contributed by atoms with Gasteiger partial charge in [0.15, 0.2) is 0 Å². The number of carboxylic acid groups (broad SMARTS) is 1. The van der Waals surface area contributed by atoms with Gasteiger partial charge in [-0.2, -0.15) is 12.6 Å². The van der Waals surface area contributed by atoms with Crippen molar-refractivity contribution in [1.82, 2.24) is 41.9 Å². The minimum absolute atomic E-state index is 0.00780. The van der Waals surface area contributed by atoms with Crippen LogP contribution in [-0.2, 0) is 40.0 Å². The number of aliphatic hydroxyl groups excluding tert-OH is 1.